The molecule has 0 bridgehead atoms. The molecule has 0 aliphatic heterocycles. The van der Waals surface area contributed by atoms with Crippen molar-refractivity contribution in [2.45, 2.75) is 24.0 Å². The van der Waals surface area contributed by atoms with Gasteiger partial charge in [-0.1, -0.05) is 12.5 Å². The maximum atomic E-state index is 11.9. The van der Waals surface area contributed by atoms with Crippen LogP contribution >= 0.6 is 11.8 Å². The van der Waals surface area contributed by atoms with Crippen molar-refractivity contribution in [1.82, 2.24) is 10.2 Å². The van der Waals surface area contributed by atoms with Crippen LogP contribution in [0.1, 0.15) is 19.3 Å². The lowest BCUT2D eigenvalue weighted by Gasteiger charge is -2.40. The van der Waals surface area contributed by atoms with E-state index in [2.05, 4.69) is 11.9 Å². The lowest BCUT2D eigenvalue weighted by molar-refractivity contribution is -0.137. The number of aliphatic carboxylic acids is 1. The van der Waals surface area contributed by atoms with E-state index in [1.54, 1.807) is 11.8 Å². The summed E-state index contributed by atoms with van der Waals surface area (Å²) >= 11 is 1.77. The largest absolute Gasteiger partial charge is 0.480 e. The molecule has 1 rings (SSSR count). The maximum absolute atomic E-state index is 11.9. The van der Waals surface area contributed by atoms with Crippen LogP contribution in [-0.4, -0.2) is 52.6 Å². The number of nitrogens with zero attached hydrogens (tertiary/aromatic N) is 1. The van der Waals surface area contributed by atoms with Gasteiger partial charge in [0.2, 0.25) is 0 Å². The van der Waals surface area contributed by atoms with Gasteiger partial charge < -0.3 is 15.3 Å². The molecule has 1 aliphatic rings. The molecule has 18 heavy (non-hydrogen) atoms. The molecule has 1 saturated carbocycles. The Labute approximate surface area is 112 Å². The summed E-state index contributed by atoms with van der Waals surface area (Å²) in [7, 11) is 0. The van der Waals surface area contributed by atoms with E-state index in [0.29, 0.717) is 6.54 Å². The summed E-state index contributed by atoms with van der Waals surface area (Å²) in [4.78, 5) is 23.8. The Bertz CT molecular complexity index is 324. The molecule has 0 spiro atoms. The molecule has 0 radical (unpaired) electrons. The van der Waals surface area contributed by atoms with Gasteiger partial charge in [0, 0.05) is 17.8 Å². The number of thioether (sulfide) groups is 1. The van der Waals surface area contributed by atoms with Crippen LogP contribution in [0.25, 0.3) is 0 Å². The number of carbonyl (C=O) groups excluding carboxylic acids is 1. The fourth-order valence-electron chi connectivity index (χ4n) is 1.91. The minimum atomic E-state index is -1.02. The van der Waals surface area contributed by atoms with E-state index in [1.807, 2.05) is 6.26 Å². The van der Waals surface area contributed by atoms with E-state index in [-0.39, 0.29) is 23.9 Å². The Morgan fingerprint density at radius 2 is 2.22 bits per heavy atom. The minimum Gasteiger partial charge on any atom is -0.480 e. The number of carbonyl (C=O) groups is 2. The van der Waals surface area contributed by atoms with Crippen LogP contribution in [0.4, 0.5) is 4.79 Å². The molecule has 1 aliphatic carbocycles. The Hall–Kier alpha value is -1.17. The Morgan fingerprint density at radius 3 is 2.61 bits per heavy atom. The number of rotatable bonds is 7. The zero-order valence-corrected chi connectivity index (χ0v) is 11.5. The number of hydrogen-bond acceptors (Lipinski definition) is 3. The standard InChI is InChI=1S/C12H20N2O3S/c1-3-7-14(8-10(15)16)11(17)13-9-12(18-2)5-4-6-12/h3H,1,4-9H2,2H3,(H,13,17)(H,15,16). The number of carboxylic acids is 1. The van der Waals surface area contributed by atoms with E-state index in [0.717, 1.165) is 12.8 Å². The third-order valence-corrected chi connectivity index (χ3v) is 4.64. The maximum Gasteiger partial charge on any atom is 0.323 e. The molecule has 0 unspecified atom stereocenters. The molecule has 0 heterocycles. The molecule has 0 saturated heterocycles. The molecule has 2 amide bonds. The van der Waals surface area contributed by atoms with Gasteiger partial charge in [0.05, 0.1) is 0 Å². The molecule has 0 aromatic heterocycles. The Balaban J connectivity index is 2.45. The van der Waals surface area contributed by atoms with Gasteiger partial charge in [-0.2, -0.15) is 11.8 Å². The summed E-state index contributed by atoms with van der Waals surface area (Å²) in [6.07, 6.45) is 6.98. The molecule has 0 aromatic rings. The average molecular weight is 272 g/mol. The summed E-state index contributed by atoms with van der Waals surface area (Å²) in [6.45, 7) is 4.06. The summed E-state index contributed by atoms with van der Waals surface area (Å²) in [6, 6.07) is -0.336. The van der Waals surface area contributed by atoms with E-state index in [9.17, 15) is 9.59 Å². The van der Waals surface area contributed by atoms with E-state index < -0.39 is 5.97 Å². The van der Waals surface area contributed by atoms with Crippen molar-refractivity contribution in [3.05, 3.63) is 12.7 Å². The first kappa shape index (κ1) is 14.9. The summed E-state index contributed by atoms with van der Waals surface area (Å²) in [5, 5.41) is 11.6. The molecule has 6 heteroatoms. The van der Waals surface area contributed by atoms with E-state index in [1.165, 1.54) is 17.4 Å². The van der Waals surface area contributed by atoms with Crippen molar-refractivity contribution in [1.29, 1.82) is 0 Å². The first-order valence-corrected chi connectivity index (χ1v) is 7.16. The molecule has 1 fully saturated rings. The smallest absolute Gasteiger partial charge is 0.323 e. The third kappa shape index (κ3) is 3.94. The number of carboxylic acid groups (broad SMARTS) is 1. The van der Waals surface area contributed by atoms with Crippen LogP contribution in [0.3, 0.4) is 0 Å². The van der Waals surface area contributed by atoms with Crippen molar-refractivity contribution in [2.24, 2.45) is 0 Å². The molecular weight excluding hydrogens is 252 g/mol. The molecule has 0 aromatic carbocycles. The zero-order chi connectivity index (χ0) is 13.6. The SMILES string of the molecule is C=CCN(CC(=O)O)C(=O)NCC1(SC)CCC1. The summed E-state index contributed by atoms with van der Waals surface area (Å²) in [5.41, 5.74) is 0. The van der Waals surface area contributed by atoms with Gasteiger partial charge in [0.15, 0.2) is 0 Å². The van der Waals surface area contributed by atoms with Crippen molar-refractivity contribution in [3.63, 3.8) is 0 Å². The lowest BCUT2D eigenvalue weighted by atomic mass is 9.84. The van der Waals surface area contributed by atoms with Gasteiger partial charge >= 0.3 is 12.0 Å². The van der Waals surface area contributed by atoms with Crippen molar-refractivity contribution in [3.8, 4) is 0 Å². The number of hydrogen-bond donors (Lipinski definition) is 2. The first-order valence-electron chi connectivity index (χ1n) is 5.93. The number of amides is 2. The predicted octanol–water partition coefficient (Wildman–Crippen LogP) is 1.55. The van der Waals surface area contributed by atoms with Gasteiger partial charge in [-0.05, 0) is 19.1 Å². The second kappa shape index (κ2) is 6.68. The highest BCUT2D eigenvalue weighted by molar-refractivity contribution is 8.00. The lowest BCUT2D eigenvalue weighted by Crippen LogP contribution is -2.50. The highest BCUT2D eigenvalue weighted by Gasteiger charge is 2.36. The van der Waals surface area contributed by atoms with Gasteiger partial charge in [0.1, 0.15) is 6.54 Å². The van der Waals surface area contributed by atoms with E-state index >= 15 is 0 Å². The van der Waals surface area contributed by atoms with Crippen molar-refractivity contribution < 1.29 is 14.7 Å². The summed E-state index contributed by atoms with van der Waals surface area (Å²) in [5.74, 6) is -1.02. The normalized spacial score (nSPS) is 16.5. The molecule has 102 valence electrons. The highest BCUT2D eigenvalue weighted by Crippen LogP contribution is 2.42. The number of nitrogens with one attached hydrogen (secondary N) is 1. The monoisotopic (exact) mass is 272 g/mol. The molecule has 2 N–H and O–H groups in total. The Kier molecular flexibility index (Phi) is 5.53. The second-order valence-corrected chi connectivity index (χ2v) is 5.74. The second-order valence-electron chi connectivity index (χ2n) is 4.46. The van der Waals surface area contributed by atoms with Crippen LogP contribution < -0.4 is 5.32 Å². The van der Waals surface area contributed by atoms with Gasteiger partial charge in [-0.3, -0.25) is 4.79 Å². The van der Waals surface area contributed by atoms with Crippen molar-refractivity contribution >= 4 is 23.8 Å². The van der Waals surface area contributed by atoms with Crippen LogP contribution in [0.15, 0.2) is 12.7 Å². The fourth-order valence-corrected chi connectivity index (χ4v) is 2.82. The third-order valence-electron chi connectivity index (χ3n) is 3.22. The van der Waals surface area contributed by atoms with Gasteiger partial charge in [-0.15, -0.1) is 6.58 Å². The highest BCUT2D eigenvalue weighted by atomic mass is 32.2. The van der Waals surface area contributed by atoms with Crippen LogP contribution in [0.5, 0.6) is 0 Å². The Morgan fingerprint density at radius 1 is 1.56 bits per heavy atom. The average Bonchev–Trinajstić information content (AvgIpc) is 2.27. The minimum absolute atomic E-state index is 0.152. The van der Waals surface area contributed by atoms with Crippen LogP contribution in [0.2, 0.25) is 0 Å². The fraction of sp³-hybridized carbons (Fsp3) is 0.667. The summed E-state index contributed by atoms with van der Waals surface area (Å²) < 4.78 is 0.152. The topological polar surface area (TPSA) is 69.6 Å². The van der Waals surface area contributed by atoms with Gasteiger partial charge in [0.25, 0.3) is 0 Å². The molecule has 0 atom stereocenters. The molecule has 5 nitrogen and oxygen atoms in total. The van der Waals surface area contributed by atoms with Crippen LogP contribution in [0, 0.1) is 0 Å². The van der Waals surface area contributed by atoms with E-state index in [4.69, 9.17) is 5.11 Å². The zero-order valence-electron chi connectivity index (χ0n) is 10.6. The predicted molar refractivity (Wildman–Crippen MR) is 72.9 cm³/mol. The number of urea groups is 1. The van der Waals surface area contributed by atoms with Crippen LogP contribution in [-0.2, 0) is 4.79 Å². The molecular formula is C12H20N2O3S. The van der Waals surface area contributed by atoms with Crippen molar-refractivity contribution in [2.75, 3.05) is 25.9 Å². The van der Waals surface area contributed by atoms with Gasteiger partial charge in [-0.25, -0.2) is 4.79 Å². The quantitative estimate of drug-likeness (QED) is 0.690. The first-order chi connectivity index (χ1) is 8.53.